The second-order valence-corrected chi connectivity index (χ2v) is 4.06. The molecule has 0 aromatic carbocycles. The van der Waals surface area contributed by atoms with Gasteiger partial charge in [0.15, 0.2) is 0 Å². The van der Waals surface area contributed by atoms with Crippen LogP contribution in [0.3, 0.4) is 0 Å². The zero-order valence-electron chi connectivity index (χ0n) is 9.90. The molecule has 1 aliphatic heterocycles. The van der Waals surface area contributed by atoms with Crippen LogP contribution in [0.1, 0.15) is 44.5 Å². The third-order valence-electron chi connectivity index (χ3n) is 2.74. The lowest BCUT2D eigenvalue weighted by Gasteiger charge is -2.07. The van der Waals surface area contributed by atoms with Crippen LogP contribution in [-0.2, 0) is 11.2 Å². The van der Waals surface area contributed by atoms with Crippen molar-refractivity contribution in [3.63, 3.8) is 0 Å². The SMILES string of the molecule is CCCc1nnc([C@H]2C[C@@H](OCC)CN2)o1. The van der Waals surface area contributed by atoms with Crippen molar-refractivity contribution >= 4 is 0 Å². The van der Waals surface area contributed by atoms with Crippen molar-refractivity contribution in [2.45, 2.75) is 45.3 Å². The quantitative estimate of drug-likeness (QED) is 0.822. The molecule has 2 rings (SSSR count). The molecule has 0 amide bonds. The van der Waals surface area contributed by atoms with E-state index in [2.05, 4.69) is 22.4 Å². The fourth-order valence-corrected chi connectivity index (χ4v) is 1.98. The number of ether oxygens (including phenoxy) is 1. The first kappa shape index (κ1) is 11.5. The van der Waals surface area contributed by atoms with Crippen molar-refractivity contribution in [2.24, 2.45) is 0 Å². The maximum atomic E-state index is 5.59. The van der Waals surface area contributed by atoms with Gasteiger partial charge in [-0.3, -0.25) is 0 Å². The predicted octanol–water partition coefficient (Wildman–Crippen LogP) is 1.46. The van der Waals surface area contributed by atoms with Crippen molar-refractivity contribution in [1.29, 1.82) is 0 Å². The highest BCUT2D eigenvalue weighted by molar-refractivity contribution is 4.96. The summed E-state index contributed by atoms with van der Waals surface area (Å²) in [4.78, 5) is 0. The molecule has 2 atom stereocenters. The maximum Gasteiger partial charge on any atom is 0.233 e. The molecule has 0 unspecified atom stereocenters. The van der Waals surface area contributed by atoms with E-state index in [1.165, 1.54) is 0 Å². The van der Waals surface area contributed by atoms with Crippen LogP contribution in [0.25, 0.3) is 0 Å². The van der Waals surface area contributed by atoms with Gasteiger partial charge in [-0.1, -0.05) is 6.92 Å². The molecule has 1 aromatic rings. The number of hydrogen-bond donors (Lipinski definition) is 1. The lowest BCUT2D eigenvalue weighted by Crippen LogP contribution is -2.17. The lowest BCUT2D eigenvalue weighted by molar-refractivity contribution is 0.0751. The maximum absolute atomic E-state index is 5.59. The highest BCUT2D eigenvalue weighted by atomic mass is 16.5. The second-order valence-electron chi connectivity index (χ2n) is 4.06. The van der Waals surface area contributed by atoms with Crippen LogP contribution in [0.2, 0.25) is 0 Å². The fraction of sp³-hybridized carbons (Fsp3) is 0.818. The number of hydrogen-bond acceptors (Lipinski definition) is 5. The van der Waals surface area contributed by atoms with E-state index >= 15 is 0 Å². The van der Waals surface area contributed by atoms with Crippen molar-refractivity contribution in [3.8, 4) is 0 Å². The first-order valence-corrected chi connectivity index (χ1v) is 6.00. The Morgan fingerprint density at radius 1 is 1.44 bits per heavy atom. The second kappa shape index (κ2) is 5.41. The molecule has 1 aromatic heterocycles. The number of nitrogens with one attached hydrogen (secondary N) is 1. The minimum Gasteiger partial charge on any atom is -0.424 e. The smallest absolute Gasteiger partial charge is 0.233 e. The number of aromatic nitrogens is 2. The van der Waals surface area contributed by atoms with E-state index in [-0.39, 0.29) is 12.1 Å². The molecule has 1 saturated heterocycles. The summed E-state index contributed by atoms with van der Waals surface area (Å²) in [7, 11) is 0. The number of rotatable bonds is 5. The molecule has 0 saturated carbocycles. The summed E-state index contributed by atoms with van der Waals surface area (Å²) in [6.45, 7) is 5.73. The molecular formula is C11H19N3O2. The van der Waals surface area contributed by atoms with Crippen molar-refractivity contribution in [1.82, 2.24) is 15.5 Å². The normalized spacial score (nSPS) is 25.1. The van der Waals surface area contributed by atoms with Gasteiger partial charge in [0.2, 0.25) is 11.8 Å². The fourth-order valence-electron chi connectivity index (χ4n) is 1.98. The standard InChI is InChI=1S/C11H19N3O2/c1-3-5-10-13-14-11(16-10)9-6-8(7-12-9)15-4-2/h8-9,12H,3-7H2,1-2H3/t8-,9-/m1/s1. The summed E-state index contributed by atoms with van der Waals surface area (Å²) in [5, 5.41) is 11.4. The van der Waals surface area contributed by atoms with Gasteiger partial charge < -0.3 is 14.5 Å². The van der Waals surface area contributed by atoms with Crippen molar-refractivity contribution in [2.75, 3.05) is 13.2 Å². The largest absolute Gasteiger partial charge is 0.424 e. The average Bonchev–Trinajstić information content (AvgIpc) is 2.87. The van der Waals surface area contributed by atoms with Gasteiger partial charge >= 0.3 is 0 Å². The molecule has 0 spiro atoms. The molecule has 2 heterocycles. The van der Waals surface area contributed by atoms with Gasteiger partial charge in [-0.2, -0.15) is 0 Å². The van der Waals surface area contributed by atoms with Gasteiger partial charge in [0.25, 0.3) is 0 Å². The van der Waals surface area contributed by atoms with E-state index in [0.717, 1.165) is 38.3 Å². The summed E-state index contributed by atoms with van der Waals surface area (Å²) in [5.41, 5.74) is 0. The zero-order chi connectivity index (χ0) is 11.4. The van der Waals surface area contributed by atoms with Crippen LogP contribution >= 0.6 is 0 Å². The predicted molar refractivity (Wildman–Crippen MR) is 59.1 cm³/mol. The molecule has 0 radical (unpaired) electrons. The van der Waals surface area contributed by atoms with E-state index < -0.39 is 0 Å². The Balaban J connectivity index is 1.92. The lowest BCUT2D eigenvalue weighted by atomic mass is 10.2. The van der Waals surface area contributed by atoms with Crippen LogP contribution < -0.4 is 5.32 Å². The van der Waals surface area contributed by atoms with Gasteiger partial charge in [-0.15, -0.1) is 10.2 Å². The number of aryl methyl sites for hydroxylation is 1. The Kier molecular flexibility index (Phi) is 3.90. The Bertz CT molecular complexity index is 327. The van der Waals surface area contributed by atoms with E-state index in [1.807, 2.05) is 6.92 Å². The van der Waals surface area contributed by atoms with Crippen molar-refractivity contribution < 1.29 is 9.15 Å². The van der Waals surface area contributed by atoms with Gasteiger partial charge in [0.05, 0.1) is 12.1 Å². The van der Waals surface area contributed by atoms with E-state index in [4.69, 9.17) is 9.15 Å². The molecule has 16 heavy (non-hydrogen) atoms. The minimum absolute atomic E-state index is 0.162. The van der Waals surface area contributed by atoms with E-state index in [9.17, 15) is 0 Å². The van der Waals surface area contributed by atoms with Crippen LogP contribution in [0.5, 0.6) is 0 Å². The molecule has 5 heteroatoms. The Morgan fingerprint density at radius 3 is 3.06 bits per heavy atom. The minimum atomic E-state index is 0.162. The van der Waals surface area contributed by atoms with Gasteiger partial charge in [-0.05, 0) is 19.8 Å². The topological polar surface area (TPSA) is 60.2 Å². The molecule has 0 bridgehead atoms. The molecule has 1 fully saturated rings. The highest BCUT2D eigenvalue weighted by Crippen LogP contribution is 2.24. The third kappa shape index (κ3) is 2.59. The summed E-state index contributed by atoms with van der Waals surface area (Å²) in [6.07, 6.45) is 3.08. The van der Waals surface area contributed by atoms with E-state index in [1.54, 1.807) is 0 Å². The molecule has 1 aliphatic rings. The summed E-state index contributed by atoms with van der Waals surface area (Å²) >= 11 is 0. The Hall–Kier alpha value is -0.940. The Labute approximate surface area is 95.6 Å². The van der Waals surface area contributed by atoms with Gasteiger partial charge in [0.1, 0.15) is 0 Å². The third-order valence-corrected chi connectivity index (χ3v) is 2.74. The summed E-state index contributed by atoms with van der Waals surface area (Å²) in [5.74, 6) is 1.44. The molecular weight excluding hydrogens is 206 g/mol. The van der Waals surface area contributed by atoms with Crippen LogP contribution in [0, 0.1) is 0 Å². The zero-order valence-corrected chi connectivity index (χ0v) is 9.90. The average molecular weight is 225 g/mol. The molecule has 90 valence electrons. The van der Waals surface area contributed by atoms with Gasteiger partial charge in [-0.25, -0.2) is 0 Å². The van der Waals surface area contributed by atoms with Gasteiger partial charge in [0, 0.05) is 19.6 Å². The summed E-state index contributed by atoms with van der Waals surface area (Å²) in [6, 6.07) is 0.162. The summed E-state index contributed by atoms with van der Waals surface area (Å²) < 4.78 is 11.2. The van der Waals surface area contributed by atoms with Crippen LogP contribution in [-0.4, -0.2) is 29.5 Å². The molecule has 5 nitrogen and oxygen atoms in total. The van der Waals surface area contributed by atoms with E-state index in [0.29, 0.717) is 5.89 Å². The monoisotopic (exact) mass is 225 g/mol. The van der Waals surface area contributed by atoms with Crippen LogP contribution in [0.4, 0.5) is 0 Å². The van der Waals surface area contributed by atoms with Crippen LogP contribution in [0.15, 0.2) is 4.42 Å². The Morgan fingerprint density at radius 2 is 2.31 bits per heavy atom. The first-order chi connectivity index (χ1) is 7.83. The van der Waals surface area contributed by atoms with Crippen molar-refractivity contribution in [3.05, 3.63) is 11.8 Å². The number of nitrogens with zero attached hydrogens (tertiary/aromatic N) is 2. The first-order valence-electron chi connectivity index (χ1n) is 6.00. The molecule has 0 aliphatic carbocycles. The molecule has 1 N–H and O–H groups in total. The highest BCUT2D eigenvalue weighted by Gasteiger charge is 2.29.